The number of nitriles is 1. The maximum Gasteiger partial charge on any atom is 0.494 e. The van der Waals surface area contributed by atoms with E-state index in [2.05, 4.69) is 19.9 Å². The average molecular weight is 229 g/mol. The molecule has 0 aliphatic carbocycles. The first-order valence-electron chi connectivity index (χ1n) is 5.83. The van der Waals surface area contributed by atoms with E-state index < -0.39 is 0 Å². The van der Waals surface area contributed by atoms with Crippen LogP contribution in [0.1, 0.15) is 32.8 Å². The summed E-state index contributed by atoms with van der Waals surface area (Å²) in [6.07, 6.45) is 1.04. The molecular formula is C13H16BNO2. The van der Waals surface area contributed by atoms with Gasteiger partial charge < -0.3 is 9.31 Å². The van der Waals surface area contributed by atoms with E-state index in [4.69, 9.17) is 14.6 Å². The van der Waals surface area contributed by atoms with Gasteiger partial charge in [0, 0.05) is 6.10 Å². The van der Waals surface area contributed by atoms with Crippen LogP contribution in [-0.4, -0.2) is 18.8 Å². The molecule has 1 aliphatic heterocycles. The topological polar surface area (TPSA) is 42.2 Å². The minimum absolute atomic E-state index is 0.162. The molecule has 0 aromatic heterocycles. The van der Waals surface area contributed by atoms with Crippen molar-refractivity contribution in [3.8, 4) is 6.07 Å². The second-order valence-electron chi connectivity index (χ2n) is 5.10. The van der Waals surface area contributed by atoms with E-state index in [1.54, 1.807) is 6.07 Å². The molecule has 3 nitrogen and oxygen atoms in total. The summed E-state index contributed by atoms with van der Waals surface area (Å²) in [5.41, 5.74) is 1.35. The van der Waals surface area contributed by atoms with Crippen molar-refractivity contribution >= 4 is 12.6 Å². The highest BCUT2D eigenvalue weighted by atomic mass is 16.6. The molecule has 1 aromatic carbocycles. The van der Waals surface area contributed by atoms with Gasteiger partial charge in [-0.25, -0.2) is 0 Å². The van der Waals surface area contributed by atoms with Crippen LogP contribution >= 0.6 is 0 Å². The van der Waals surface area contributed by atoms with E-state index in [-0.39, 0.29) is 18.8 Å². The molecule has 0 saturated carbocycles. The normalized spacial score (nSPS) is 23.2. The van der Waals surface area contributed by atoms with E-state index in [0.29, 0.717) is 5.56 Å². The summed E-state index contributed by atoms with van der Waals surface area (Å²) in [5.74, 6) is 0. The Hall–Kier alpha value is -1.31. The number of hydrogen-bond donors (Lipinski definition) is 0. The maximum atomic E-state index is 8.88. The first-order chi connectivity index (χ1) is 8.00. The Balaban J connectivity index is 2.24. The third-order valence-corrected chi connectivity index (χ3v) is 2.85. The summed E-state index contributed by atoms with van der Waals surface area (Å²) in [5, 5.41) is 8.88. The molecule has 1 aliphatic rings. The molecule has 0 radical (unpaired) electrons. The lowest BCUT2D eigenvalue weighted by molar-refractivity contribution is -0.0229. The van der Waals surface area contributed by atoms with Gasteiger partial charge in [0.25, 0.3) is 0 Å². The van der Waals surface area contributed by atoms with Crippen LogP contribution in [0.25, 0.3) is 0 Å². The van der Waals surface area contributed by atoms with Crippen molar-refractivity contribution in [3.63, 3.8) is 0 Å². The van der Waals surface area contributed by atoms with Gasteiger partial charge in [-0.1, -0.05) is 12.1 Å². The highest BCUT2D eigenvalue weighted by Crippen LogP contribution is 2.25. The molecule has 2 rings (SSSR count). The fourth-order valence-electron chi connectivity index (χ4n) is 2.22. The molecule has 17 heavy (non-hydrogen) atoms. The Morgan fingerprint density at radius 1 is 1.47 bits per heavy atom. The number of rotatable bonds is 1. The van der Waals surface area contributed by atoms with Crippen LogP contribution in [0.3, 0.4) is 0 Å². The lowest BCUT2D eigenvalue weighted by Crippen LogP contribution is -2.51. The van der Waals surface area contributed by atoms with Crippen molar-refractivity contribution < 1.29 is 9.31 Å². The summed E-state index contributed by atoms with van der Waals surface area (Å²) < 4.78 is 11.7. The molecule has 0 amide bonds. The fraction of sp³-hybridized carbons (Fsp3) is 0.462. The molecule has 1 fully saturated rings. The third kappa shape index (κ3) is 2.88. The van der Waals surface area contributed by atoms with E-state index in [9.17, 15) is 0 Å². The van der Waals surface area contributed by atoms with Gasteiger partial charge in [-0.05, 0) is 44.8 Å². The predicted molar refractivity (Wildman–Crippen MR) is 66.9 cm³/mol. The molecule has 0 bridgehead atoms. The standard InChI is InChI=1S/C13H16BNO2/c1-10-8-13(2,3)17-14(16-10)12-6-4-5-11(7-12)9-15/h4-7,10H,8H2,1-3H3. The molecule has 1 aromatic rings. The van der Waals surface area contributed by atoms with Gasteiger partial charge >= 0.3 is 7.12 Å². The number of hydrogen-bond acceptors (Lipinski definition) is 3. The Morgan fingerprint density at radius 3 is 2.88 bits per heavy atom. The van der Waals surface area contributed by atoms with Crippen molar-refractivity contribution in [3.05, 3.63) is 29.8 Å². The van der Waals surface area contributed by atoms with E-state index >= 15 is 0 Å². The van der Waals surface area contributed by atoms with Gasteiger partial charge in [-0.3, -0.25) is 0 Å². The fourth-order valence-corrected chi connectivity index (χ4v) is 2.22. The minimum Gasteiger partial charge on any atom is -0.405 e. The van der Waals surface area contributed by atoms with Gasteiger partial charge in [0.2, 0.25) is 0 Å². The van der Waals surface area contributed by atoms with Crippen molar-refractivity contribution in [2.45, 2.75) is 38.9 Å². The van der Waals surface area contributed by atoms with Crippen LogP contribution in [0.15, 0.2) is 24.3 Å². The van der Waals surface area contributed by atoms with Gasteiger partial charge in [-0.2, -0.15) is 5.26 Å². The van der Waals surface area contributed by atoms with Crippen LogP contribution in [0.5, 0.6) is 0 Å². The summed E-state index contributed by atoms with van der Waals surface area (Å²) in [6.45, 7) is 6.17. The molecule has 1 atom stereocenters. The van der Waals surface area contributed by atoms with E-state index in [1.807, 2.05) is 25.1 Å². The van der Waals surface area contributed by atoms with Crippen LogP contribution in [0.4, 0.5) is 0 Å². The molecule has 0 spiro atoms. The quantitative estimate of drug-likeness (QED) is 0.690. The van der Waals surface area contributed by atoms with Crippen LogP contribution in [-0.2, 0) is 9.31 Å². The predicted octanol–water partition coefficient (Wildman–Crippen LogP) is 1.86. The second kappa shape index (κ2) is 4.52. The Labute approximate surface area is 102 Å². The SMILES string of the molecule is CC1CC(C)(C)OB(c2cccc(C#N)c2)O1. The molecule has 0 N–H and O–H groups in total. The molecule has 88 valence electrons. The van der Waals surface area contributed by atoms with Crippen molar-refractivity contribution in [2.24, 2.45) is 0 Å². The molecule has 4 heteroatoms. The molecular weight excluding hydrogens is 213 g/mol. The zero-order valence-electron chi connectivity index (χ0n) is 10.4. The van der Waals surface area contributed by atoms with Crippen molar-refractivity contribution in [1.29, 1.82) is 5.26 Å². The first-order valence-corrected chi connectivity index (χ1v) is 5.83. The minimum atomic E-state index is -0.373. The smallest absolute Gasteiger partial charge is 0.405 e. The van der Waals surface area contributed by atoms with Crippen molar-refractivity contribution in [1.82, 2.24) is 0 Å². The number of benzene rings is 1. The molecule has 1 unspecified atom stereocenters. The average Bonchev–Trinajstić information content (AvgIpc) is 2.26. The first kappa shape index (κ1) is 12.2. The highest BCUT2D eigenvalue weighted by Gasteiger charge is 2.38. The lowest BCUT2D eigenvalue weighted by atomic mass is 9.74. The zero-order valence-corrected chi connectivity index (χ0v) is 10.4. The Morgan fingerprint density at radius 2 is 2.24 bits per heavy atom. The second-order valence-corrected chi connectivity index (χ2v) is 5.10. The highest BCUT2D eigenvalue weighted by molar-refractivity contribution is 6.61. The van der Waals surface area contributed by atoms with Gasteiger partial charge in [-0.15, -0.1) is 0 Å². The van der Waals surface area contributed by atoms with Crippen molar-refractivity contribution in [2.75, 3.05) is 0 Å². The van der Waals surface area contributed by atoms with Crippen LogP contribution in [0.2, 0.25) is 0 Å². The zero-order chi connectivity index (χ0) is 12.5. The lowest BCUT2D eigenvalue weighted by Gasteiger charge is -2.38. The Kier molecular flexibility index (Phi) is 3.23. The third-order valence-electron chi connectivity index (χ3n) is 2.85. The van der Waals surface area contributed by atoms with Gasteiger partial charge in [0.05, 0.1) is 17.2 Å². The van der Waals surface area contributed by atoms with E-state index in [0.717, 1.165) is 11.9 Å². The largest absolute Gasteiger partial charge is 0.494 e. The summed E-state index contributed by atoms with van der Waals surface area (Å²) in [4.78, 5) is 0. The molecule has 1 heterocycles. The Bertz CT molecular complexity index is 453. The van der Waals surface area contributed by atoms with E-state index in [1.165, 1.54) is 0 Å². The summed E-state index contributed by atoms with van der Waals surface area (Å²) in [6, 6.07) is 9.51. The van der Waals surface area contributed by atoms with Crippen LogP contribution < -0.4 is 5.46 Å². The monoisotopic (exact) mass is 229 g/mol. The number of nitrogens with zero attached hydrogens (tertiary/aromatic N) is 1. The van der Waals surface area contributed by atoms with Gasteiger partial charge in [0.1, 0.15) is 0 Å². The maximum absolute atomic E-state index is 8.88. The summed E-state index contributed by atoms with van der Waals surface area (Å²) >= 11 is 0. The summed E-state index contributed by atoms with van der Waals surface area (Å²) in [7, 11) is -0.373. The molecule has 1 saturated heterocycles. The van der Waals surface area contributed by atoms with Crippen LogP contribution in [0, 0.1) is 11.3 Å². The van der Waals surface area contributed by atoms with Gasteiger partial charge in [0.15, 0.2) is 0 Å².